The molecule has 2 unspecified atom stereocenters. The van der Waals surface area contributed by atoms with Crippen molar-refractivity contribution >= 4 is 12.0 Å². The third-order valence-electron chi connectivity index (χ3n) is 3.24. The number of aliphatic carboxylic acids is 1. The summed E-state index contributed by atoms with van der Waals surface area (Å²) in [5.74, 6) is -1.10. The quantitative estimate of drug-likeness (QED) is 0.748. The molecule has 0 saturated carbocycles. The Labute approximate surface area is 119 Å². The van der Waals surface area contributed by atoms with Crippen molar-refractivity contribution < 1.29 is 14.7 Å². The van der Waals surface area contributed by atoms with E-state index in [9.17, 15) is 14.7 Å². The van der Waals surface area contributed by atoms with E-state index in [-0.39, 0.29) is 6.04 Å². The zero-order valence-corrected chi connectivity index (χ0v) is 12.1. The number of urea groups is 1. The summed E-state index contributed by atoms with van der Waals surface area (Å²) in [5.41, 5.74) is -0.914. The fourth-order valence-corrected chi connectivity index (χ4v) is 2.01. The highest BCUT2D eigenvalue weighted by atomic mass is 16.4. The lowest BCUT2D eigenvalue weighted by Gasteiger charge is -2.27. The minimum Gasteiger partial charge on any atom is -0.479 e. The smallest absolute Gasteiger partial charge is 0.333 e. The first kappa shape index (κ1) is 16.0. The van der Waals surface area contributed by atoms with Crippen LogP contribution in [-0.2, 0) is 10.3 Å². The molecule has 0 aliphatic rings. The van der Waals surface area contributed by atoms with Crippen LogP contribution in [0.2, 0.25) is 0 Å². The van der Waals surface area contributed by atoms with Crippen LogP contribution >= 0.6 is 0 Å². The third kappa shape index (κ3) is 3.98. The standard InChI is InChI=1S/C15H22N2O3/c1-4-8-11(2)16-14(20)17-15(3,13(18)19)12-9-6-5-7-10-12/h5-7,9-11H,4,8H2,1-3H3,(H,18,19)(H2,16,17,20). The molecule has 0 heterocycles. The Hall–Kier alpha value is -2.04. The van der Waals surface area contributed by atoms with Crippen LogP contribution in [0.25, 0.3) is 0 Å². The van der Waals surface area contributed by atoms with E-state index < -0.39 is 17.5 Å². The van der Waals surface area contributed by atoms with Gasteiger partial charge in [0.25, 0.3) is 0 Å². The van der Waals surface area contributed by atoms with Crippen LogP contribution in [0.5, 0.6) is 0 Å². The van der Waals surface area contributed by atoms with E-state index in [2.05, 4.69) is 10.6 Å². The van der Waals surface area contributed by atoms with Crippen LogP contribution in [0.1, 0.15) is 39.2 Å². The van der Waals surface area contributed by atoms with Gasteiger partial charge in [-0.15, -0.1) is 0 Å². The van der Waals surface area contributed by atoms with E-state index in [1.54, 1.807) is 30.3 Å². The summed E-state index contributed by atoms with van der Waals surface area (Å²) >= 11 is 0. The maximum Gasteiger partial charge on any atom is 0.333 e. The molecule has 110 valence electrons. The molecule has 0 fully saturated rings. The number of carboxylic acids is 1. The predicted molar refractivity (Wildman–Crippen MR) is 77.5 cm³/mol. The molecule has 1 aromatic carbocycles. The van der Waals surface area contributed by atoms with Crippen LogP contribution in [0, 0.1) is 0 Å². The highest BCUT2D eigenvalue weighted by molar-refractivity contribution is 5.87. The van der Waals surface area contributed by atoms with Gasteiger partial charge in [0.2, 0.25) is 0 Å². The van der Waals surface area contributed by atoms with Crippen molar-refractivity contribution in [2.45, 2.75) is 45.2 Å². The van der Waals surface area contributed by atoms with Crippen molar-refractivity contribution in [1.82, 2.24) is 10.6 Å². The maximum atomic E-state index is 11.9. The van der Waals surface area contributed by atoms with Crippen molar-refractivity contribution in [2.24, 2.45) is 0 Å². The molecule has 0 radical (unpaired) electrons. The molecule has 2 amide bonds. The number of hydrogen-bond donors (Lipinski definition) is 3. The minimum atomic E-state index is -1.45. The predicted octanol–water partition coefficient (Wildman–Crippen LogP) is 2.47. The highest BCUT2D eigenvalue weighted by Gasteiger charge is 2.36. The lowest BCUT2D eigenvalue weighted by atomic mass is 9.92. The van der Waals surface area contributed by atoms with Crippen molar-refractivity contribution in [2.75, 3.05) is 0 Å². The van der Waals surface area contributed by atoms with Crippen molar-refractivity contribution in [3.63, 3.8) is 0 Å². The van der Waals surface area contributed by atoms with Crippen LogP contribution in [0.15, 0.2) is 30.3 Å². The van der Waals surface area contributed by atoms with E-state index in [0.717, 1.165) is 12.8 Å². The lowest BCUT2D eigenvalue weighted by molar-refractivity contribution is -0.144. The molecule has 5 nitrogen and oxygen atoms in total. The molecule has 0 aromatic heterocycles. The van der Waals surface area contributed by atoms with Gasteiger partial charge in [0.1, 0.15) is 0 Å². The largest absolute Gasteiger partial charge is 0.479 e. The first-order valence-corrected chi connectivity index (χ1v) is 6.77. The lowest BCUT2D eigenvalue weighted by Crippen LogP contribution is -2.54. The first-order valence-electron chi connectivity index (χ1n) is 6.77. The van der Waals surface area contributed by atoms with Crippen molar-refractivity contribution in [1.29, 1.82) is 0 Å². The van der Waals surface area contributed by atoms with Gasteiger partial charge in [-0.1, -0.05) is 43.7 Å². The molecular formula is C15H22N2O3. The van der Waals surface area contributed by atoms with Gasteiger partial charge >= 0.3 is 12.0 Å². The molecule has 0 spiro atoms. The zero-order chi connectivity index (χ0) is 15.2. The number of carbonyl (C=O) groups is 2. The number of rotatable bonds is 6. The number of carbonyl (C=O) groups excluding carboxylic acids is 1. The number of benzene rings is 1. The zero-order valence-electron chi connectivity index (χ0n) is 12.1. The Morgan fingerprint density at radius 3 is 2.40 bits per heavy atom. The fraction of sp³-hybridized carbons (Fsp3) is 0.467. The van der Waals surface area contributed by atoms with E-state index in [1.165, 1.54) is 6.92 Å². The van der Waals surface area contributed by atoms with Gasteiger partial charge in [0.05, 0.1) is 0 Å². The molecule has 20 heavy (non-hydrogen) atoms. The minimum absolute atomic E-state index is 0.00817. The maximum absolute atomic E-state index is 11.9. The summed E-state index contributed by atoms with van der Waals surface area (Å²) in [6.45, 7) is 5.40. The van der Waals surface area contributed by atoms with Crippen molar-refractivity contribution in [3.8, 4) is 0 Å². The average Bonchev–Trinajstić information content (AvgIpc) is 2.39. The molecule has 2 atom stereocenters. The second kappa shape index (κ2) is 6.93. The summed E-state index contributed by atoms with van der Waals surface area (Å²) in [7, 11) is 0. The number of nitrogens with one attached hydrogen (secondary N) is 2. The Kier molecular flexibility index (Phi) is 5.55. The molecule has 0 aliphatic carbocycles. The Morgan fingerprint density at radius 2 is 1.90 bits per heavy atom. The number of amides is 2. The van der Waals surface area contributed by atoms with Gasteiger partial charge in [0.15, 0.2) is 5.54 Å². The Morgan fingerprint density at radius 1 is 1.30 bits per heavy atom. The summed E-state index contributed by atoms with van der Waals surface area (Å²) in [5, 5.41) is 14.7. The summed E-state index contributed by atoms with van der Waals surface area (Å²) in [6.07, 6.45) is 1.80. The summed E-state index contributed by atoms with van der Waals surface area (Å²) in [6, 6.07) is 8.20. The normalized spacial score (nSPS) is 14.9. The van der Waals surface area contributed by atoms with Gasteiger partial charge in [-0.3, -0.25) is 0 Å². The van der Waals surface area contributed by atoms with Crippen LogP contribution in [0.3, 0.4) is 0 Å². The second-order valence-electron chi connectivity index (χ2n) is 5.08. The number of hydrogen-bond acceptors (Lipinski definition) is 2. The summed E-state index contributed by atoms with van der Waals surface area (Å²) in [4.78, 5) is 23.5. The summed E-state index contributed by atoms with van der Waals surface area (Å²) < 4.78 is 0. The van der Waals surface area contributed by atoms with Crippen molar-refractivity contribution in [3.05, 3.63) is 35.9 Å². The molecule has 0 aliphatic heterocycles. The molecule has 5 heteroatoms. The van der Waals surface area contributed by atoms with E-state index in [1.807, 2.05) is 13.8 Å². The van der Waals surface area contributed by atoms with Gasteiger partial charge in [0, 0.05) is 6.04 Å². The Balaban J connectivity index is 2.83. The van der Waals surface area contributed by atoms with Crippen LogP contribution < -0.4 is 10.6 Å². The van der Waals surface area contributed by atoms with E-state index >= 15 is 0 Å². The molecule has 0 saturated heterocycles. The van der Waals surface area contributed by atoms with Gasteiger partial charge < -0.3 is 15.7 Å². The topological polar surface area (TPSA) is 78.4 Å². The van der Waals surface area contributed by atoms with Gasteiger partial charge in [-0.2, -0.15) is 0 Å². The molecular weight excluding hydrogens is 256 g/mol. The SMILES string of the molecule is CCCC(C)NC(=O)NC(C)(C(=O)O)c1ccccc1. The molecule has 1 rings (SSSR count). The fourth-order valence-electron chi connectivity index (χ4n) is 2.01. The molecule has 3 N–H and O–H groups in total. The third-order valence-corrected chi connectivity index (χ3v) is 3.24. The van der Waals surface area contributed by atoms with E-state index in [0.29, 0.717) is 5.56 Å². The van der Waals surface area contributed by atoms with Crippen LogP contribution in [-0.4, -0.2) is 23.1 Å². The molecule has 1 aromatic rings. The van der Waals surface area contributed by atoms with E-state index in [4.69, 9.17) is 0 Å². The second-order valence-corrected chi connectivity index (χ2v) is 5.08. The Bertz CT molecular complexity index is 461. The van der Waals surface area contributed by atoms with Gasteiger partial charge in [-0.25, -0.2) is 9.59 Å². The molecule has 0 bridgehead atoms. The highest BCUT2D eigenvalue weighted by Crippen LogP contribution is 2.20. The average molecular weight is 278 g/mol. The first-order chi connectivity index (χ1) is 9.40. The monoisotopic (exact) mass is 278 g/mol. The van der Waals surface area contributed by atoms with Crippen LogP contribution in [0.4, 0.5) is 4.79 Å². The van der Waals surface area contributed by atoms with Gasteiger partial charge in [-0.05, 0) is 25.8 Å². The number of carboxylic acid groups (broad SMARTS) is 1.